The van der Waals surface area contributed by atoms with Gasteiger partial charge in [-0.05, 0) is 26.0 Å². The second-order valence-electron chi connectivity index (χ2n) is 7.10. The third-order valence-electron chi connectivity index (χ3n) is 5.18. The molecule has 1 atom stereocenters. The van der Waals surface area contributed by atoms with E-state index in [0.29, 0.717) is 30.2 Å². The van der Waals surface area contributed by atoms with E-state index in [1.807, 2.05) is 36.4 Å². The first-order valence-electron chi connectivity index (χ1n) is 9.34. The van der Waals surface area contributed by atoms with Crippen molar-refractivity contribution in [2.45, 2.75) is 32.9 Å². The Kier molecular flexibility index (Phi) is 4.81. The molecule has 0 N–H and O–H groups in total. The Morgan fingerprint density at radius 2 is 2.04 bits per heavy atom. The van der Waals surface area contributed by atoms with Crippen LogP contribution in [0.2, 0.25) is 0 Å². The number of pyridine rings is 1. The number of carbonyl (C=O) groups excluding carboxylic acids is 1. The van der Waals surface area contributed by atoms with Crippen molar-refractivity contribution < 1.29 is 9.53 Å². The maximum absolute atomic E-state index is 12.6. The van der Waals surface area contributed by atoms with Gasteiger partial charge in [0.05, 0.1) is 18.4 Å². The standard InChI is InChI=1S/C21H22N4O3/c1-14-15(2)22-13-25(21(14)27)12-20(26)24-10-9-17(11-24)28-19-8-7-16-5-3-4-6-18(16)23-19/h3-8,13,17H,9-12H2,1-2H3. The minimum atomic E-state index is -0.173. The zero-order valence-corrected chi connectivity index (χ0v) is 16.0. The molecular weight excluding hydrogens is 356 g/mol. The fraction of sp³-hybridized carbons (Fsp3) is 0.333. The molecule has 1 amide bonds. The third-order valence-corrected chi connectivity index (χ3v) is 5.18. The number of carbonyl (C=O) groups is 1. The van der Waals surface area contributed by atoms with Crippen LogP contribution in [0.5, 0.6) is 5.88 Å². The molecule has 0 saturated carbocycles. The van der Waals surface area contributed by atoms with E-state index in [9.17, 15) is 9.59 Å². The topological polar surface area (TPSA) is 77.3 Å². The average molecular weight is 378 g/mol. The average Bonchev–Trinajstić information content (AvgIpc) is 3.17. The molecule has 3 aromatic rings. The number of likely N-dealkylation sites (tertiary alicyclic amines) is 1. The minimum absolute atomic E-state index is 0.00605. The lowest BCUT2D eigenvalue weighted by atomic mass is 10.2. The van der Waals surface area contributed by atoms with Crippen LogP contribution in [0, 0.1) is 13.8 Å². The number of aryl methyl sites for hydroxylation is 1. The molecule has 4 rings (SSSR count). The van der Waals surface area contributed by atoms with E-state index >= 15 is 0 Å². The first kappa shape index (κ1) is 18.2. The van der Waals surface area contributed by atoms with E-state index in [2.05, 4.69) is 9.97 Å². The van der Waals surface area contributed by atoms with Crippen molar-refractivity contribution in [1.82, 2.24) is 19.4 Å². The largest absolute Gasteiger partial charge is 0.472 e. The third kappa shape index (κ3) is 3.60. The van der Waals surface area contributed by atoms with E-state index in [0.717, 1.165) is 17.3 Å². The number of nitrogens with zero attached hydrogens (tertiary/aromatic N) is 4. The lowest BCUT2D eigenvalue weighted by molar-refractivity contribution is -0.131. The maximum Gasteiger partial charge on any atom is 0.256 e. The van der Waals surface area contributed by atoms with Gasteiger partial charge in [0.15, 0.2) is 0 Å². The summed E-state index contributed by atoms with van der Waals surface area (Å²) in [6.07, 6.45) is 2.07. The quantitative estimate of drug-likeness (QED) is 0.695. The Morgan fingerprint density at radius 1 is 1.21 bits per heavy atom. The predicted molar refractivity (Wildman–Crippen MR) is 105 cm³/mol. The van der Waals surface area contributed by atoms with Crippen LogP contribution in [-0.2, 0) is 11.3 Å². The van der Waals surface area contributed by atoms with Gasteiger partial charge in [0.1, 0.15) is 12.6 Å². The Labute approximate surface area is 162 Å². The van der Waals surface area contributed by atoms with Gasteiger partial charge in [-0.3, -0.25) is 14.2 Å². The molecule has 144 valence electrons. The van der Waals surface area contributed by atoms with Crippen molar-refractivity contribution in [2.75, 3.05) is 13.1 Å². The molecule has 3 heterocycles. The molecule has 7 nitrogen and oxygen atoms in total. The van der Waals surface area contributed by atoms with Crippen LogP contribution >= 0.6 is 0 Å². The lowest BCUT2D eigenvalue weighted by Gasteiger charge is -2.18. The van der Waals surface area contributed by atoms with E-state index in [4.69, 9.17) is 4.74 Å². The molecule has 1 aliphatic heterocycles. The summed E-state index contributed by atoms with van der Waals surface area (Å²) >= 11 is 0. The van der Waals surface area contributed by atoms with Gasteiger partial charge in [-0.15, -0.1) is 0 Å². The highest BCUT2D eigenvalue weighted by Gasteiger charge is 2.28. The summed E-state index contributed by atoms with van der Waals surface area (Å²) in [7, 11) is 0. The monoisotopic (exact) mass is 378 g/mol. The summed E-state index contributed by atoms with van der Waals surface area (Å²) in [5.41, 5.74) is 1.97. The van der Waals surface area contributed by atoms with Gasteiger partial charge >= 0.3 is 0 Å². The Balaban J connectivity index is 1.40. The van der Waals surface area contributed by atoms with Gasteiger partial charge in [-0.1, -0.05) is 18.2 Å². The molecule has 28 heavy (non-hydrogen) atoms. The van der Waals surface area contributed by atoms with E-state index in [-0.39, 0.29) is 24.1 Å². The molecule has 1 aromatic carbocycles. The molecule has 0 radical (unpaired) electrons. The van der Waals surface area contributed by atoms with Gasteiger partial charge < -0.3 is 9.64 Å². The lowest BCUT2D eigenvalue weighted by Crippen LogP contribution is -2.36. The van der Waals surface area contributed by atoms with Crippen molar-refractivity contribution in [1.29, 1.82) is 0 Å². The summed E-state index contributed by atoms with van der Waals surface area (Å²) in [6.45, 7) is 4.59. The van der Waals surface area contributed by atoms with Crippen molar-refractivity contribution in [3.63, 3.8) is 0 Å². The van der Waals surface area contributed by atoms with Crippen molar-refractivity contribution in [3.05, 3.63) is 64.3 Å². The molecule has 0 aliphatic carbocycles. The number of hydrogen-bond donors (Lipinski definition) is 0. The van der Waals surface area contributed by atoms with Crippen LogP contribution in [0.1, 0.15) is 17.7 Å². The van der Waals surface area contributed by atoms with Crippen molar-refractivity contribution >= 4 is 16.8 Å². The van der Waals surface area contributed by atoms with Gasteiger partial charge in [-0.2, -0.15) is 0 Å². The molecule has 1 unspecified atom stereocenters. The fourth-order valence-electron chi connectivity index (χ4n) is 3.37. The van der Waals surface area contributed by atoms with E-state index in [1.165, 1.54) is 10.9 Å². The van der Waals surface area contributed by atoms with Crippen molar-refractivity contribution in [2.24, 2.45) is 0 Å². The van der Waals surface area contributed by atoms with Gasteiger partial charge in [0.25, 0.3) is 5.56 Å². The molecule has 1 fully saturated rings. The smallest absolute Gasteiger partial charge is 0.256 e. The first-order chi connectivity index (χ1) is 13.5. The zero-order chi connectivity index (χ0) is 19.7. The van der Waals surface area contributed by atoms with Crippen LogP contribution in [0.15, 0.2) is 47.5 Å². The highest BCUT2D eigenvalue weighted by molar-refractivity contribution is 5.78. The molecule has 1 saturated heterocycles. The number of para-hydroxylation sites is 1. The molecule has 2 aromatic heterocycles. The molecule has 0 bridgehead atoms. The number of rotatable bonds is 4. The zero-order valence-electron chi connectivity index (χ0n) is 16.0. The molecule has 0 spiro atoms. The molecular formula is C21H22N4O3. The van der Waals surface area contributed by atoms with E-state index in [1.54, 1.807) is 18.7 Å². The molecule has 7 heteroatoms. The van der Waals surface area contributed by atoms with Crippen LogP contribution in [-0.4, -0.2) is 44.5 Å². The Morgan fingerprint density at radius 3 is 2.89 bits per heavy atom. The van der Waals surface area contributed by atoms with E-state index < -0.39 is 0 Å². The summed E-state index contributed by atoms with van der Waals surface area (Å²) in [4.78, 5) is 35.3. The fourth-order valence-corrected chi connectivity index (χ4v) is 3.37. The first-order valence-corrected chi connectivity index (χ1v) is 9.34. The summed E-state index contributed by atoms with van der Waals surface area (Å²) in [5.74, 6) is 0.456. The van der Waals surface area contributed by atoms with Gasteiger partial charge in [0, 0.05) is 35.7 Å². The number of hydrogen-bond acceptors (Lipinski definition) is 5. The summed E-state index contributed by atoms with van der Waals surface area (Å²) < 4.78 is 7.35. The number of fused-ring (bicyclic) bond motifs is 1. The summed E-state index contributed by atoms with van der Waals surface area (Å²) in [5, 5.41) is 1.06. The van der Waals surface area contributed by atoms with Gasteiger partial charge in [0.2, 0.25) is 11.8 Å². The number of aromatic nitrogens is 3. The SMILES string of the molecule is Cc1ncn(CC(=O)N2CCC(Oc3ccc4ccccc4n3)C2)c(=O)c1C. The highest BCUT2D eigenvalue weighted by atomic mass is 16.5. The van der Waals surface area contributed by atoms with Crippen LogP contribution in [0.25, 0.3) is 10.9 Å². The Bertz CT molecular complexity index is 1090. The second kappa shape index (κ2) is 7.42. The number of ether oxygens (including phenoxy) is 1. The maximum atomic E-state index is 12.6. The predicted octanol–water partition coefficient (Wildman–Crippen LogP) is 2.09. The number of amides is 1. The van der Waals surface area contributed by atoms with Crippen LogP contribution in [0.4, 0.5) is 0 Å². The van der Waals surface area contributed by atoms with Crippen molar-refractivity contribution in [3.8, 4) is 5.88 Å². The Hall–Kier alpha value is -3.22. The normalized spacial score (nSPS) is 16.5. The van der Waals surface area contributed by atoms with Crippen LogP contribution < -0.4 is 10.3 Å². The second-order valence-corrected chi connectivity index (χ2v) is 7.10. The molecule has 1 aliphatic rings. The van der Waals surface area contributed by atoms with Crippen LogP contribution in [0.3, 0.4) is 0 Å². The summed E-state index contributed by atoms with van der Waals surface area (Å²) in [6, 6.07) is 11.7. The number of benzene rings is 1. The van der Waals surface area contributed by atoms with Gasteiger partial charge in [-0.25, -0.2) is 9.97 Å². The minimum Gasteiger partial charge on any atom is -0.472 e. The highest BCUT2D eigenvalue weighted by Crippen LogP contribution is 2.20.